The van der Waals surface area contributed by atoms with Gasteiger partial charge in [-0.1, -0.05) is 30.3 Å². The Balaban J connectivity index is 1.43. The van der Waals surface area contributed by atoms with E-state index in [-0.39, 0.29) is 18.0 Å². The van der Waals surface area contributed by atoms with Crippen molar-refractivity contribution in [2.24, 2.45) is 0 Å². The topological polar surface area (TPSA) is 98.9 Å². The number of hydrogen-bond donors (Lipinski definition) is 4. The van der Waals surface area contributed by atoms with E-state index in [1.165, 1.54) is 12.1 Å². The van der Waals surface area contributed by atoms with E-state index in [0.29, 0.717) is 5.69 Å². The SMILES string of the molecule is CNC(=O)Cc1[nH]nc2cc(-c3ccc(NC(=O)Nc4cccc(C(F)(F)F)c4)cc3)ccc12. The molecule has 34 heavy (non-hydrogen) atoms. The van der Waals surface area contributed by atoms with E-state index in [1.54, 1.807) is 31.3 Å². The van der Waals surface area contributed by atoms with Crippen LogP contribution >= 0.6 is 0 Å². The van der Waals surface area contributed by atoms with Crippen LogP contribution in [0, 0.1) is 0 Å². The molecule has 0 saturated heterocycles. The Hall–Kier alpha value is -4.34. The Morgan fingerprint density at radius 2 is 1.62 bits per heavy atom. The summed E-state index contributed by atoms with van der Waals surface area (Å²) < 4.78 is 38.5. The number of benzene rings is 3. The molecule has 4 rings (SSSR count). The molecule has 0 bridgehead atoms. The van der Waals surface area contributed by atoms with Gasteiger partial charge in [-0.15, -0.1) is 0 Å². The standard InChI is InChI=1S/C24H20F3N5O2/c1-28-22(33)13-21-19-10-7-15(11-20(19)31-32-21)14-5-8-17(9-6-14)29-23(34)30-18-4-2-3-16(12-18)24(25,26)27/h2-12H,13H2,1H3,(H,28,33)(H,31,32)(H2,29,30,34). The molecular formula is C24H20F3N5O2. The molecule has 0 radical (unpaired) electrons. The first-order valence-electron chi connectivity index (χ1n) is 10.3. The van der Waals surface area contributed by atoms with Gasteiger partial charge >= 0.3 is 12.2 Å². The number of aromatic amines is 1. The number of aromatic nitrogens is 2. The van der Waals surface area contributed by atoms with Gasteiger partial charge < -0.3 is 16.0 Å². The van der Waals surface area contributed by atoms with Crippen LogP contribution in [0.5, 0.6) is 0 Å². The van der Waals surface area contributed by atoms with Gasteiger partial charge in [0.05, 0.1) is 23.2 Å². The van der Waals surface area contributed by atoms with Crippen LogP contribution in [0.4, 0.5) is 29.3 Å². The third kappa shape index (κ3) is 5.17. The molecule has 0 atom stereocenters. The number of amides is 3. The van der Waals surface area contributed by atoms with Crippen molar-refractivity contribution in [1.82, 2.24) is 15.5 Å². The molecule has 0 aliphatic carbocycles. The number of halogens is 3. The van der Waals surface area contributed by atoms with E-state index in [0.717, 1.165) is 39.9 Å². The van der Waals surface area contributed by atoms with Crippen molar-refractivity contribution in [3.63, 3.8) is 0 Å². The zero-order valence-corrected chi connectivity index (χ0v) is 18.0. The molecule has 174 valence electrons. The van der Waals surface area contributed by atoms with Gasteiger partial charge in [0, 0.05) is 23.8 Å². The molecule has 4 N–H and O–H groups in total. The van der Waals surface area contributed by atoms with Gasteiger partial charge in [-0.05, 0) is 47.5 Å². The monoisotopic (exact) mass is 467 g/mol. The molecule has 7 nitrogen and oxygen atoms in total. The lowest BCUT2D eigenvalue weighted by atomic mass is 10.0. The summed E-state index contributed by atoms with van der Waals surface area (Å²) in [4.78, 5) is 23.8. The van der Waals surface area contributed by atoms with Crippen molar-refractivity contribution in [1.29, 1.82) is 0 Å². The molecule has 0 fully saturated rings. The largest absolute Gasteiger partial charge is 0.416 e. The number of likely N-dealkylation sites (N-methyl/N-ethyl adjacent to an activating group) is 1. The number of nitrogens with one attached hydrogen (secondary N) is 4. The molecule has 0 unspecified atom stereocenters. The molecule has 10 heteroatoms. The molecule has 0 aliphatic rings. The van der Waals surface area contributed by atoms with Crippen molar-refractivity contribution in [3.05, 3.63) is 78.0 Å². The molecule has 0 saturated carbocycles. The summed E-state index contributed by atoms with van der Waals surface area (Å²) >= 11 is 0. The Kier molecular flexibility index (Phi) is 6.22. The minimum atomic E-state index is -4.49. The van der Waals surface area contributed by atoms with E-state index in [9.17, 15) is 22.8 Å². The van der Waals surface area contributed by atoms with Crippen molar-refractivity contribution < 1.29 is 22.8 Å². The number of fused-ring (bicyclic) bond motifs is 1. The first kappa shape index (κ1) is 22.8. The average Bonchev–Trinajstić information content (AvgIpc) is 3.21. The highest BCUT2D eigenvalue weighted by atomic mass is 19.4. The minimum Gasteiger partial charge on any atom is -0.359 e. The van der Waals surface area contributed by atoms with Gasteiger partial charge in [-0.2, -0.15) is 18.3 Å². The van der Waals surface area contributed by atoms with E-state index in [4.69, 9.17) is 0 Å². The molecule has 3 amide bonds. The highest BCUT2D eigenvalue weighted by Crippen LogP contribution is 2.31. The number of H-pyrrole nitrogens is 1. The first-order chi connectivity index (χ1) is 16.2. The summed E-state index contributed by atoms with van der Waals surface area (Å²) in [6.07, 6.45) is -4.29. The fourth-order valence-electron chi connectivity index (χ4n) is 3.44. The second-order valence-corrected chi connectivity index (χ2v) is 7.52. The third-order valence-electron chi connectivity index (χ3n) is 5.17. The average molecular weight is 467 g/mol. The normalized spacial score (nSPS) is 11.3. The zero-order valence-electron chi connectivity index (χ0n) is 18.0. The highest BCUT2D eigenvalue weighted by molar-refractivity contribution is 6.00. The van der Waals surface area contributed by atoms with Gasteiger partial charge in [0.2, 0.25) is 5.91 Å². The van der Waals surface area contributed by atoms with E-state index < -0.39 is 17.8 Å². The van der Waals surface area contributed by atoms with E-state index >= 15 is 0 Å². The lowest BCUT2D eigenvalue weighted by Crippen LogP contribution is -2.20. The van der Waals surface area contributed by atoms with Gasteiger partial charge in [0.25, 0.3) is 0 Å². The maximum Gasteiger partial charge on any atom is 0.416 e. The third-order valence-corrected chi connectivity index (χ3v) is 5.17. The lowest BCUT2D eigenvalue weighted by Gasteiger charge is -2.11. The molecule has 4 aromatic rings. The zero-order chi connectivity index (χ0) is 24.3. The number of carbonyl (C=O) groups is 2. The van der Waals surface area contributed by atoms with Gasteiger partial charge in [-0.3, -0.25) is 9.89 Å². The second kappa shape index (κ2) is 9.26. The van der Waals surface area contributed by atoms with Gasteiger partial charge in [0.15, 0.2) is 0 Å². The summed E-state index contributed by atoms with van der Waals surface area (Å²) in [6, 6.07) is 16.4. The van der Waals surface area contributed by atoms with Gasteiger partial charge in [0.1, 0.15) is 0 Å². The van der Waals surface area contributed by atoms with Crippen LogP contribution < -0.4 is 16.0 Å². The number of rotatable bonds is 5. The van der Waals surface area contributed by atoms with Crippen LogP contribution in [-0.2, 0) is 17.4 Å². The fourth-order valence-corrected chi connectivity index (χ4v) is 3.44. The molecular weight excluding hydrogens is 447 g/mol. The lowest BCUT2D eigenvalue weighted by molar-refractivity contribution is -0.137. The number of alkyl halides is 3. The predicted octanol–water partition coefficient (Wildman–Crippen LogP) is 5.18. The Bertz CT molecular complexity index is 1350. The quantitative estimate of drug-likeness (QED) is 0.325. The Labute approximate surface area is 192 Å². The number of nitrogens with zero attached hydrogens (tertiary/aromatic N) is 1. The summed E-state index contributed by atoms with van der Waals surface area (Å²) in [5, 5.41) is 15.6. The Morgan fingerprint density at radius 3 is 2.32 bits per heavy atom. The van der Waals surface area contributed by atoms with Crippen LogP contribution in [0.3, 0.4) is 0 Å². The molecule has 1 heterocycles. The Morgan fingerprint density at radius 1 is 0.912 bits per heavy atom. The van der Waals surface area contributed by atoms with E-state index in [1.807, 2.05) is 18.2 Å². The smallest absolute Gasteiger partial charge is 0.359 e. The predicted molar refractivity (Wildman–Crippen MR) is 123 cm³/mol. The number of hydrogen-bond acceptors (Lipinski definition) is 3. The maximum atomic E-state index is 12.8. The van der Waals surface area contributed by atoms with Crippen molar-refractivity contribution in [2.75, 3.05) is 17.7 Å². The highest BCUT2D eigenvalue weighted by Gasteiger charge is 2.30. The summed E-state index contributed by atoms with van der Waals surface area (Å²) in [5.41, 5.74) is 2.89. The van der Waals surface area contributed by atoms with Crippen LogP contribution in [0.1, 0.15) is 11.3 Å². The summed E-state index contributed by atoms with van der Waals surface area (Å²) in [5.74, 6) is -0.116. The minimum absolute atomic E-state index is 0.0343. The van der Waals surface area contributed by atoms with Crippen molar-refractivity contribution in [3.8, 4) is 11.1 Å². The molecule has 0 aliphatic heterocycles. The summed E-state index contributed by atoms with van der Waals surface area (Å²) in [7, 11) is 1.58. The van der Waals surface area contributed by atoms with Gasteiger partial charge in [-0.25, -0.2) is 4.79 Å². The first-order valence-corrected chi connectivity index (χ1v) is 10.3. The van der Waals surface area contributed by atoms with Crippen LogP contribution in [0.15, 0.2) is 66.7 Å². The number of urea groups is 1. The van der Waals surface area contributed by atoms with Crippen LogP contribution in [-0.4, -0.2) is 29.2 Å². The summed E-state index contributed by atoms with van der Waals surface area (Å²) in [6.45, 7) is 0. The molecule has 0 spiro atoms. The number of carbonyl (C=O) groups excluding carboxylic acids is 2. The fraction of sp³-hybridized carbons (Fsp3) is 0.125. The number of anilines is 2. The second-order valence-electron chi connectivity index (χ2n) is 7.52. The van der Waals surface area contributed by atoms with E-state index in [2.05, 4.69) is 26.1 Å². The molecule has 1 aromatic heterocycles. The maximum absolute atomic E-state index is 12.8. The van der Waals surface area contributed by atoms with Crippen LogP contribution in [0.25, 0.3) is 22.0 Å². The van der Waals surface area contributed by atoms with Crippen molar-refractivity contribution >= 4 is 34.2 Å². The van der Waals surface area contributed by atoms with Crippen LogP contribution in [0.2, 0.25) is 0 Å². The molecule has 3 aromatic carbocycles. The van der Waals surface area contributed by atoms with Crippen molar-refractivity contribution in [2.45, 2.75) is 12.6 Å².